The van der Waals surface area contributed by atoms with Crippen molar-refractivity contribution in [3.05, 3.63) is 47.5 Å². The number of carbonyl (C=O) groups is 1. The summed E-state index contributed by atoms with van der Waals surface area (Å²) in [6.45, 7) is 15.0. The van der Waals surface area contributed by atoms with E-state index < -0.39 is 0 Å². The van der Waals surface area contributed by atoms with Crippen LogP contribution in [0.2, 0.25) is 0 Å². The first-order chi connectivity index (χ1) is 19.9. The van der Waals surface area contributed by atoms with E-state index in [4.69, 9.17) is 4.74 Å². The van der Waals surface area contributed by atoms with Gasteiger partial charge in [-0.1, -0.05) is 131 Å². The van der Waals surface area contributed by atoms with E-state index in [9.17, 15) is 9.90 Å². The Kier molecular flexibility index (Phi) is 16.5. The quantitative estimate of drug-likeness (QED) is 0.0969. The molecule has 0 atom stereocenters. The van der Waals surface area contributed by atoms with E-state index in [0.717, 1.165) is 32.4 Å². The Balaban J connectivity index is 1.73. The topological polar surface area (TPSA) is 46.5 Å². The summed E-state index contributed by atoms with van der Waals surface area (Å²) in [4.78, 5) is 14.9. The first kappa shape index (κ1) is 36.6. The first-order valence-electron chi connectivity index (χ1n) is 16.4. The third-order valence-corrected chi connectivity index (χ3v) is 9.64. The fourth-order valence-corrected chi connectivity index (χ4v) is 6.86. The van der Waals surface area contributed by atoms with Crippen LogP contribution in [0.25, 0.3) is 0 Å². The van der Waals surface area contributed by atoms with Crippen molar-refractivity contribution >= 4 is 29.5 Å². The third-order valence-electron chi connectivity index (χ3n) is 7.59. The molecule has 0 aliphatic carbocycles. The van der Waals surface area contributed by atoms with Crippen LogP contribution in [0.1, 0.15) is 143 Å². The lowest BCUT2D eigenvalue weighted by molar-refractivity contribution is -0.133. The Morgan fingerprint density at radius 2 is 1.19 bits per heavy atom. The average Bonchev–Trinajstić information content (AvgIpc) is 2.91. The minimum atomic E-state index is -0.166. The van der Waals surface area contributed by atoms with Gasteiger partial charge in [-0.15, -0.1) is 0 Å². The zero-order valence-corrected chi connectivity index (χ0v) is 29.3. The number of aromatic hydroxyl groups is 1. The van der Waals surface area contributed by atoms with Gasteiger partial charge >= 0.3 is 5.97 Å². The molecule has 0 radical (unpaired) electrons. The number of hydrogen-bond donors (Lipinski definition) is 1. The molecule has 0 aliphatic heterocycles. The van der Waals surface area contributed by atoms with E-state index in [0.29, 0.717) is 17.9 Å². The predicted molar refractivity (Wildman–Crippen MR) is 185 cm³/mol. The second-order valence-corrected chi connectivity index (χ2v) is 16.0. The molecule has 1 N–H and O–H groups in total. The van der Waals surface area contributed by atoms with Crippen LogP contribution in [0.5, 0.6) is 11.5 Å². The monoisotopic (exact) mass is 614 g/mol. The number of rotatable bonds is 19. The summed E-state index contributed by atoms with van der Waals surface area (Å²) < 4.78 is 5.88. The van der Waals surface area contributed by atoms with E-state index in [1.165, 1.54) is 77.0 Å². The second kappa shape index (κ2) is 18.9. The van der Waals surface area contributed by atoms with Crippen LogP contribution in [0.15, 0.2) is 46.2 Å². The fraction of sp³-hybridized carbons (Fsp3) is 0.649. The molecule has 0 bridgehead atoms. The maximum Gasteiger partial charge on any atom is 0.312 e. The number of benzene rings is 2. The Bertz CT molecular complexity index is 1070. The number of ether oxygens (including phenoxy) is 1. The number of phenolic OH excluding ortho intramolecular Hbond substituents is 1. The molecule has 42 heavy (non-hydrogen) atoms. The lowest BCUT2D eigenvalue weighted by Gasteiger charge is -2.23. The zero-order valence-electron chi connectivity index (χ0n) is 27.7. The number of carbonyl (C=O) groups excluding carboxylic acids is 1. The highest BCUT2D eigenvalue weighted by molar-refractivity contribution is 7.99. The maximum atomic E-state index is 12.7. The molecule has 0 unspecified atom stereocenters. The van der Waals surface area contributed by atoms with E-state index >= 15 is 0 Å². The minimum Gasteiger partial charge on any atom is -0.508 e. The normalized spacial score (nSPS) is 12.1. The summed E-state index contributed by atoms with van der Waals surface area (Å²) in [6, 6.07) is 11.9. The molecule has 0 saturated heterocycles. The smallest absolute Gasteiger partial charge is 0.312 e. The number of hydrogen-bond acceptors (Lipinski definition) is 5. The molecule has 2 rings (SSSR count). The molecule has 3 nitrogen and oxygen atoms in total. The van der Waals surface area contributed by atoms with Gasteiger partial charge in [0.15, 0.2) is 0 Å². The Morgan fingerprint density at radius 3 is 1.74 bits per heavy atom. The molecular formula is C37H58O3S2. The van der Waals surface area contributed by atoms with Gasteiger partial charge in [0.25, 0.3) is 0 Å². The minimum absolute atomic E-state index is 0.139. The van der Waals surface area contributed by atoms with Gasteiger partial charge in [-0.25, -0.2) is 0 Å². The van der Waals surface area contributed by atoms with Gasteiger partial charge in [0.1, 0.15) is 11.5 Å². The SMILES string of the molecule is CCCCCCCCCCCCCCSCCC(=O)Oc1ccc(Sc2ccc(O)c(C(C)(C)C)c2)cc1C(C)(C)C. The largest absolute Gasteiger partial charge is 0.508 e. The van der Waals surface area contributed by atoms with Crippen LogP contribution < -0.4 is 4.74 Å². The van der Waals surface area contributed by atoms with Gasteiger partial charge < -0.3 is 9.84 Å². The van der Waals surface area contributed by atoms with Gasteiger partial charge in [-0.05, 0) is 59.4 Å². The van der Waals surface area contributed by atoms with E-state index in [2.05, 4.69) is 60.6 Å². The molecule has 236 valence electrons. The molecule has 0 heterocycles. The van der Waals surface area contributed by atoms with E-state index in [1.807, 2.05) is 30.0 Å². The average molecular weight is 615 g/mol. The van der Waals surface area contributed by atoms with Crippen molar-refractivity contribution < 1.29 is 14.6 Å². The predicted octanol–water partition coefficient (Wildman–Crippen LogP) is 11.9. The van der Waals surface area contributed by atoms with Crippen LogP contribution >= 0.6 is 23.5 Å². The van der Waals surface area contributed by atoms with Crippen LogP contribution in [-0.2, 0) is 15.6 Å². The number of thioether (sulfide) groups is 1. The van der Waals surface area contributed by atoms with E-state index in [1.54, 1.807) is 17.8 Å². The Labute approximate surface area is 266 Å². The number of phenols is 1. The molecular weight excluding hydrogens is 557 g/mol. The lowest BCUT2D eigenvalue weighted by atomic mass is 9.86. The first-order valence-corrected chi connectivity index (χ1v) is 18.3. The summed E-state index contributed by atoms with van der Waals surface area (Å²) in [5, 5.41) is 10.3. The van der Waals surface area contributed by atoms with Crippen LogP contribution in [0.4, 0.5) is 0 Å². The molecule has 0 saturated carbocycles. The van der Waals surface area contributed by atoms with Gasteiger partial charge in [0.05, 0.1) is 6.42 Å². The van der Waals surface area contributed by atoms with Gasteiger partial charge in [0, 0.05) is 26.7 Å². The summed E-state index contributed by atoms with van der Waals surface area (Å²) in [5.41, 5.74) is 1.66. The lowest BCUT2D eigenvalue weighted by Crippen LogP contribution is -2.17. The van der Waals surface area contributed by atoms with Crippen LogP contribution in [-0.4, -0.2) is 22.6 Å². The molecule has 5 heteroatoms. The van der Waals surface area contributed by atoms with Crippen LogP contribution in [0, 0.1) is 0 Å². The summed E-state index contributed by atoms with van der Waals surface area (Å²) >= 11 is 3.53. The van der Waals surface area contributed by atoms with Crippen molar-refractivity contribution in [1.29, 1.82) is 0 Å². The maximum absolute atomic E-state index is 12.7. The van der Waals surface area contributed by atoms with Crippen molar-refractivity contribution in [2.45, 2.75) is 153 Å². The van der Waals surface area contributed by atoms with Crippen molar-refractivity contribution in [3.8, 4) is 11.5 Å². The van der Waals surface area contributed by atoms with Crippen molar-refractivity contribution in [3.63, 3.8) is 0 Å². The highest BCUT2D eigenvalue weighted by Crippen LogP contribution is 2.40. The van der Waals surface area contributed by atoms with E-state index in [-0.39, 0.29) is 16.8 Å². The van der Waals surface area contributed by atoms with Gasteiger partial charge in [-0.3, -0.25) is 4.79 Å². The molecule has 0 amide bonds. The van der Waals surface area contributed by atoms with Gasteiger partial charge in [0.2, 0.25) is 0 Å². The second-order valence-electron chi connectivity index (χ2n) is 13.7. The molecule has 0 spiro atoms. The third kappa shape index (κ3) is 14.3. The molecule has 2 aromatic rings. The molecule has 0 fully saturated rings. The zero-order chi connectivity index (χ0) is 31.0. The molecule has 2 aromatic carbocycles. The fourth-order valence-electron chi connectivity index (χ4n) is 5.04. The summed E-state index contributed by atoms with van der Waals surface area (Å²) in [7, 11) is 0. The Morgan fingerprint density at radius 1 is 0.690 bits per heavy atom. The van der Waals surface area contributed by atoms with Crippen molar-refractivity contribution in [1.82, 2.24) is 0 Å². The Hall–Kier alpha value is -1.59. The summed E-state index contributed by atoms with van der Waals surface area (Å²) in [6.07, 6.45) is 16.9. The summed E-state index contributed by atoms with van der Waals surface area (Å²) in [5.74, 6) is 2.77. The van der Waals surface area contributed by atoms with Crippen molar-refractivity contribution in [2.75, 3.05) is 11.5 Å². The van der Waals surface area contributed by atoms with Crippen LogP contribution in [0.3, 0.4) is 0 Å². The molecule has 0 aromatic heterocycles. The van der Waals surface area contributed by atoms with Crippen molar-refractivity contribution in [2.24, 2.45) is 0 Å². The molecule has 0 aliphatic rings. The highest BCUT2D eigenvalue weighted by atomic mass is 32.2. The number of unbranched alkanes of at least 4 members (excludes halogenated alkanes) is 11. The highest BCUT2D eigenvalue weighted by Gasteiger charge is 2.22. The van der Waals surface area contributed by atoms with Gasteiger partial charge in [-0.2, -0.15) is 11.8 Å². The number of esters is 1. The standard InChI is InChI=1S/C37H58O3S2/c1-8-9-10-11-12-13-14-15-16-17-18-19-25-41-26-24-35(39)40-34-23-21-30(28-32(34)37(5,6)7)42-29-20-22-33(38)31(27-29)36(2,3)4/h20-23,27-28,38H,8-19,24-26H2,1-7H3.